The summed E-state index contributed by atoms with van der Waals surface area (Å²) >= 11 is 0. The SMILES string of the molecule is O=C(N[C@@H]1CCc2c(c(F)cc(N3CC4CCC(C4)C3)c2C(F)F)C1)c1cnc2c(c1)[C@@H]1C[C@@H]1CC2.O=C(N[C@@H]1CCc2c(c(F)cc(N3CC4CCC(C4)C3)c2C(F)F)C1)c1cnc2c(c1)[C@H]1C[C@H]1CC2.O=C(N[C@H]1CCc2c(c(F)cc(N3CC4CCC(C4)C3)c2C(F)F)C1)c1cnc2c(c1)[C@@H]1C[C@@H]1CC2.O=C(N[C@H]1CCc2c(c(F)cc(N3CC4CCC(C4)C3)c2C(F)F)C1)c1cnc2c(c1)[C@H]1C[C@H]1CC2. The summed E-state index contributed by atoms with van der Waals surface area (Å²) in [6.07, 6.45) is 27.6. The van der Waals surface area contributed by atoms with Gasteiger partial charge in [-0.25, -0.2) is 52.7 Å². The van der Waals surface area contributed by atoms with Gasteiger partial charge in [0.15, 0.2) is 0 Å². The Hall–Kier alpha value is -10.3. The number of benzene rings is 4. The molecule has 8 bridgehead atoms. The molecule has 20 atom stereocenters. The van der Waals surface area contributed by atoms with E-state index in [0.717, 1.165) is 202 Å². The molecule has 8 heterocycles. The van der Waals surface area contributed by atoms with Crippen LogP contribution in [0.15, 0.2) is 73.3 Å². The Bertz CT molecular complexity index is 5630. The molecule has 8 saturated carbocycles. The maximum atomic E-state index is 15.4. The highest BCUT2D eigenvalue weighted by Crippen LogP contribution is 2.59. The third-order valence-electron chi connectivity index (χ3n) is 38.2. The van der Waals surface area contributed by atoms with Crippen molar-refractivity contribution in [1.29, 1.82) is 0 Å². The van der Waals surface area contributed by atoms with E-state index in [4.69, 9.17) is 0 Å². The number of carbonyl (C=O) groups excluding carboxylic acids is 4. The van der Waals surface area contributed by atoms with Crippen molar-refractivity contribution in [3.05, 3.63) is 231 Å². The van der Waals surface area contributed by atoms with Gasteiger partial charge in [0, 0.05) is 169 Å². The maximum Gasteiger partial charge on any atom is 0.266 e. The van der Waals surface area contributed by atoms with E-state index in [0.29, 0.717) is 212 Å². The molecular formula is C116H128F12N12O4. The molecule has 4 aliphatic heterocycles. The first-order valence-corrected chi connectivity index (χ1v) is 54.4. The summed E-state index contributed by atoms with van der Waals surface area (Å²) in [7, 11) is 0. The number of hydrogen-bond acceptors (Lipinski definition) is 12. The van der Waals surface area contributed by atoms with Gasteiger partial charge in [0.05, 0.1) is 22.3 Å². The molecule has 4 aromatic carbocycles. The number of hydrogen-bond donors (Lipinski definition) is 4. The number of rotatable bonds is 16. The van der Waals surface area contributed by atoms with Gasteiger partial charge < -0.3 is 40.9 Å². The van der Waals surface area contributed by atoms with Crippen LogP contribution in [0.2, 0.25) is 0 Å². The molecule has 4 amide bonds. The molecule has 0 radical (unpaired) electrons. The topological polar surface area (TPSA) is 181 Å². The zero-order valence-corrected chi connectivity index (χ0v) is 81.6. The van der Waals surface area contributed by atoms with E-state index in [2.05, 4.69) is 41.2 Å². The highest BCUT2D eigenvalue weighted by Gasteiger charge is 2.50. The van der Waals surface area contributed by atoms with Gasteiger partial charge in [-0.1, -0.05) is 0 Å². The smallest absolute Gasteiger partial charge is 0.266 e. The lowest BCUT2D eigenvalue weighted by Crippen LogP contribution is -2.40. The number of nitrogens with one attached hydrogen (secondary N) is 4. The summed E-state index contributed by atoms with van der Waals surface area (Å²) in [6.45, 7) is 5.92. The Morgan fingerprint density at radius 3 is 0.653 bits per heavy atom. The Morgan fingerprint density at radius 1 is 0.257 bits per heavy atom. The zero-order valence-electron chi connectivity index (χ0n) is 81.6. The van der Waals surface area contributed by atoms with Crippen LogP contribution >= 0.6 is 0 Å². The Balaban J connectivity index is 0.000000101. The molecule has 4 saturated heterocycles. The second-order valence-corrected chi connectivity index (χ2v) is 47.3. The number of pyridine rings is 4. The van der Waals surface area contributed by atoms with E-state index in [-0.39, 0.29) is 95.7 Å². The van der Waals surface area contributed by atoms with Crippen LogP contribution in [0.4, 0.5) is 75.4 Å². The first-order valence-electron chi connectivity index (χ1n) is 54.4. The quantitative estimate of drug-likeness (QED) is 0.0673. The van der Waals surface area contributed by atoms with Crippen molar-refractivity contribution in [2.75, 3.05) is 72.0 Å². The number of piperidine rings is 4. The maximum absolute atomic E-state index is 15.4. The molecule has 4 N–H and O–H groups in total. The minimum absolute atomic E-state index is 0.00958. The molecule has 0 spiro atoms. The fourth-order valence-corrected chi connectivity index (χ4v) is 30.6. The number of aryl methyl sites for hydroxylation is 4. The number of anilines is 4. The number of alkyl halides is 8. The number of aromatic nitrogens is 4. The van der Waals surface area contributed by atoms with Gasteiger partial charge in [-0.3, -0.25) is 39.1 Å². The van der Waals surface area contributed by atoms with Crippen LogP contribution in [0.1, 0.15) is 357 Å². The highest BCUT2D eigenvalue weighted by molar-refractivity contribution is 5.96. The van der Waals surface area contributed by atoms with Crippen molar-refractivity contribution in [3.8, 4) is 0 Å². The standard InChI is InChI=1S/4C29H32F3N3O/c4*30-24-11-26(35-13-15-1-2-16(7-15)14-35)27(28(31)32)20-5-4-19(10-22(20)24)34-29(36)18-9-23-21-8-17(21)3-6-25(23)33-12-18/h4*9,11-12,15-17,19,21,28H,1-8,10,13-14H2,(H,34,36)/t2*15?,16?,17-,19+,21+;2*15?,16?,17-,19-,21+/m1010/s1. The van der Waals surface area contributed by atoms with Crippen molar-refractivity contribution < 1.29 is 71.9 Å². The summed E-state index contributed by atoms with van der Waals surface area (Å²) < 4.78 is 177. The third-order valence-corrected chi connectivity index (χ3v) is 38.2. The number of carbonyl (C=O) groups is 4. The van der Waals surface area contributed by atoms with Gasteiger partial charge in [0.1, 0.15) is 23.3 Å². The number of nitrogens with zero attached hydrogens (tertiary/aromatic N) is 8. The molecule has 8 aromatic rings. The normalized spacial score (nSPS) is 30.0. The lowest BCUT2D eigenvalue weighted by atomic mass is 9.83. The van der Waals surface area contributed by atoms with Gasteiger partial charge >= 0.3 is 0 Å². The van der Waals surface area contributed by atoms with E-state index in [1.165, 1.54) is 97.9 Å². The lowest BCUT2D eigenvalue weighted by molar-refractivity contribution is 0.0924. The fraction of sp³-hybridized carbons (Fsp3) is 0.586. The summed E-state index contributed by atoms with van der Waals surface area (Å²) in [6, 6.07) is 12.1. The van der Waals surface area contributed by atoms with E-state index >= 15 is 17.6 Å². The second kappa shape index (κ2) is 38.1. The van der Waals surface area contributed by atoms with Gasteiger partial charge in [-0.05, 0) is 441 Å². The molecule has 12 fully saturated rings. The molecule has 28 rings (SSSR count). The van der Waals surface area contributed by atoms with Gasteiger partial charge in [-0.15, -0.1) is 0 Å². The second-order valence-electron chi connectivity index (χ2n) is 47.3. The van der Waals surface area contributed by atoms with Gasteiger partial charge in [-0.2, -0.15) is 0 Å². The Morgan fingerprint density at radius 2 is 0.458 bits per heavy atom. The van der Waals surface area contributed by atoms with Crippen LogP contribution in [-0.4, -0.2) is 120 Å². The largest absolute Gasteiger partial charge is 0.370 e. The minimum atomic E-state index is -2.65. The van der Waals surface area contributed by atoms with Crippen molar-refractivity contribution in [3.63, 3.8) is 0 Å². The van der Waals surface area contributed by atoms with Gasteiger partial charge in [0.2, 0.25) is 0 Å². The summed E-state index contributed by atoms with van der Waals surface area (Å²) in [5.41, 5.74) is 16.2. The van der Waals surface area contributed by atoms with Crippen molar-refractivity contribution in [1.82, 2.24) is 41.2 Å². The summed E-state index contributed by atoms with van der Waals surface area (Å²) in [5, 5.41) is 12.2. The Labute approximate surface area is 833 Å². The summed E-state index contributed by atoms with van der Waals surface area (Å²) in [4.78, 5) is 78.4. The predicted octanol–water partition coefficient (Wildman–Crippen LogP) is 22.9. The van der Waals surface area contributed by atoms with E-state index in [9.17, 15) is 54.3 Å². The van der Waals surface area contributed by atoms with Crippen LogP contribution in [0, 0.1) is 94.3 Å². The van der Waals surface area contributed by atoms with E-state index < -0.39 is 49.0 Å². The monoisotopic (exact) mass is 1980 g/mol. The van der Waals surface area contributed by atoms with Crippen LogP contribution in [-0.2, 0) is 77.0 Å². The number of halogens is 12. The highest BCUT2D eigenvalue weighted by atomic mass is 19.3. The average molecular weight is 1980 g/mol. The lowest BCUT2D eigenvalue weighted by Gasteiger charge is -2.37. The Kier molecular flexibility index (Phi) is 25.1. The van der Waals surface area contributed by atoms with Crippen LogP contribution in [0.5, 0.6) is 0 Å². The average Bonchev–Trinajstić information content (AvgIpc) is 1.70. The molecule has 760 valence electrons. The van der Waals surface area contributed by atoms with Crippen LogP contribution in [0.3, 0.4) is 0 Å². The van der Waals surface area contributed by atoms with Crippen molar-refractivity contribution in [2.45, 2.75) is 305 Å². The first-order chi connectivity index (χ1) is 69.8. The molecular weight excluding hydrogens is 1850 g/mol. The third kappa shape index (κ3) is 18.4. The zero-order chi connectivity index (χ0) is 98.2. The molecule has 144 heavy (non-hydrogen) atoms. The molecule has 16 aliphatic carbocycles. The first kappa shape index (κ1) is 94.7. The number of fused-ring (bicyclic) bond motifs is 24. The number of amides is 4. The van der Waals surface area contributed by atoms with Crippen molar-refractivity contribution in [2.24, 2.45) is 71.0 Å². The van der Waals surface area contributed by atoms with Gasteiger partial charge in [0.25, 0.3) is 49.3 Å². The van der Waals surface area contributed by atoms with Crippen molar-refractivity contribution >= 4 is 46.4 Å². The molecule has 4 aromatic heterocycles. The minimum Gasteiger partial charge on any atom is -0.370 e. The van der Waals surface area contributed by atoms with Crippen LogP contribution < -0.4 is 40.9 Å². The van der Waals surface area contributed by atoms with Crippen LogP contribution in [0.25, 0.3) is 0 Å². The molecule has 20 aliphatic rings. The molecule has 8 unspecified atom stereocenters. The van der Waals surface area contributed by atoms with E-state index in [1.54, 1.807) is 24.8 Å². The fourth-order valence-electron chi connectivity index (χ4n) is 30.6. The molecule has 28 heteroatoms. The van der Waals surface area contributed by atoms with E-state index in [1.807, 2.05) is 43.9 Å². The summed E-state index contributed by atoms with van der Waals surface area (Å²) in [5.74, 6) is 6.81. The predicted molar refractivity (Wildman–Crippen MR) is 524 cm³/mol. The molecule has 16 nitrogen and oxygen atoms in total.